The lowest BCUT2D eigenvalue weighted by atomic mass is 10.2. The van der Waals surface area contributed by atoms with E-state index in [0.717, 1.165) is 19.3 Å². The smallest absolute Gasteiger partial charge is 0.263 e. The van der Waals surface area contributed by atoms with Crippen LogP contribution >= 0.6 is 31.9 Å². The zero-order valence-corrected chi connectivity index (χ0v) is 12.4. The molecule has 1 heterocycles. The number of aromatic nitrogens is 4. The highest BCUT2D eigenvalue weighted by Gasteiger charge is 2.08. The molecule has 0 unspecified atom stereocenters. The lowest BCUT2D eigenvalue weighted by Crippen LogP contribution is -2.00. The fourth-order valence-electron chi connectivity index (χ4n) is 1.28. The van der Waals surface area contributed by atoms with Crippen molar-refractivity contribution < 1.29 is 4.74 Å². The number of halogens is 2. The monoisotopic (exact) mass is 374 g/mol. The molecule has 18 heavy (non-hydrogen) atoms. The van der Waals surface area contributed by atoms with Gasteiger partial charge in [-0.3, -0.25) is 0 Å². The molecule has 7 nitrogen and oxygen atoms in total. The summed E-state index contributed by atoms with van der Waals surface area (Å²) < 4.78 is 6.98. The average molecular weight is 376 g/mol. The molecular weight excluding hydrogens is 368 g/mol. The van der Waals surface area contributed by atoms with Crippen LogP contribution in [0, 0.1) is 0 Å². The molecule has 0 atom stereocenters. The second-order valence-corrected chi connectivity index (χ2v) is 4.95. The molecule has 2 rings (SSSR count). The summed E-state index contributed by atoms with van der Waals surface area (Å²) in [6.07, 6.45) is 1.56. The van der Waals surface area contributed by atoms with Gasteiger partial charge in [0.05, 0.1) is 17.8 Å². The lowest BCUT2D eigenvalue weighted by molar-refractivity contribution is 0.411. The fourth-order valence-corrected chi connectivity index (χ4v) is 2.70. The molecule has 1 aromatic carbocycles. The van der Waals surface area contributed by atoms with E-state index in [1.165, 1.54) is 0 Å². The number of ether oxygens (including phenoxy) is 1. The van der Waals surface area contributed by atoms with E-state index in [9.17, 15) is 0 Å². The van der Waals surface area contributed by atoms with Crippen molar-refractivity contribution in [1.29, 1.82) is 0 Å². The molecule has 0 spiro atoms. The molecule has 9 heteroatoms. The van der Waals surface area contributed by atoms with Gasteiger partial charge in [-0.15, -0.1) is 0 Å². The molecule has 1 aromatic heterocycles. The van der Waals surface area contributed by atoms with Crippen LogP contribution in [0.5, 0.6) is 5.75 Å². The minimum Gasteiger partial charge on any atom is -0.495 e. The van der Waals surface area contributed by atoms with Crippen LogP contribution in [0.3, 0.4) is 0 Å². The summed E-state index contributed by atoms with van der Waals surface area (Å²) in [5, 5.41) is 14.5. The fraction of sp³-hybridized carbons (Fsp3) is 0.111. The first-order valence-corrected chi connectivity index (χ1v) is 6.31. The van der Waals surface area contributed by atoms with Crippen molar-refractivity contribution in [3.63, 3.8) is 0 Å². The van der Waals surface area contributed by atoms with E-state index < -0.39 is 0 Å². The first-order chi connectivity index (χ1) is 8.61. The number of nitrogen functional groups attached to an aromatic ring is 1. The second-order valence-electron chi connectivity index (χ2n) is 3.18. The van der Waals surface area contributed by atoms with Crippen molar-refractivity contribution >= 4 is 44.0 Å². The molecule has 0 amide bonds. The van der Waals surface area contributed by atoms with Crippen molar-refractivity contribution in [2.45, 2.75) is 0 Å². The number of hydrogen-bond acceptors (Lipinski definition) is 6. The first-order valence-electron chi connectivity index (χ1n) is 4.73. The number of rotatable bonds is 3. The topological polar surface area (TPSA) is 91.2 Å². The van der Waals surface area contributed by atoms with Gasteiger partial charge in [0.15, 0.2) is 0 Å². The van der Waals surface area contributed by atoms with Crippen LogP contribution in [0.2, 0.25) is 0 Å². The Labute approximate surface area is 119 Å². The van der Waals surface area contributed by atoms with Gasteiger partial charge >= 0.3 is 0 Å². The largest absolute Gasteiger partial charge is 0.495 e. The standard InChI is InChI=1S/C9H8Br2N6O/c1-18-8-5(2-6(10)3-7(8)11)4-13-17-9(12)14-15-16-17/h2-4H,1H3,(H2,12,14,16)/b13-4-. The molecule has 0 aliphatic rings. The van der Waals surface area contributed by atoms with Crippen LogP contribution in [-0.2, 0) is 0 Å². The minimum atomic E-state index is 0.110. The molecule has 0 fully saturated rings. The number of tetrazole rings is 1. The van der Waals surface area contributed by atoms with Gasteiger partial charge in [0.25, 0.3) is 5.95 Å². The van der Waals surface area contributed by atoms with Crippen molar-refractivity contribution in [3.05, 3.63) is 26.6 Å². The van der Waals surface area contributed by atoms with Gasteiger partial charge in [-0.2, -0.15) is 5.10 Å². The Morgan fingerprint density at radius 1 is 1.44 bits per heavy atom. The van der Waals surface area contributed by atoms with Gasteiger partial charge in [0, 0.05) is 10.0 Å². The van der Waals surface area contributed by atoms with Gasteiger partial charge in [-0.05, 0) is 38.5 Å². The summed E-state index contributed by atoms with van der Waals surface area (Å²) in [7, 11) is 1.58. The summed E-state index contributed by atoms with van der Waals surface area (Å²) >= 11 is 6.79. The Balaban J connectivity index is 2.40. The molecule has 0 aliphatic carbocycles. The van der Waals surface area contributed by atoms with Crippen LogP contribution in [0.1, 0.15) is 5.56 Å². The van der Waals surface area contributed by atoms with Crippen LogP contribution in [0.25, 0.3) is 0 Å². The van der Waals surface area contributed by atoms with Crippen molar-refractivity contribution in [1.82, 2.24) is 20.3 Å². The third-order valence-electron chi connectivity index (χ3n) is 2.02. The lowest BCUT2D eigenvalue weighted by Gasteiger charge is -2.07. The molecule has 2 N–H and O–H groups in total. The van der Waals surface area contributed by atoms with Gasteiger partial charge < -0.3 is 10.5 Å². The third kappa shape index (κ3) is 2.67. The highest BCUT2D eigenvalue weighted by atomic mass is 79.9. The van der Waals surface area contributed by atoms with E-state index in [-0.39, 0.29) is 5.95 Å². The van der Waals surface area contributed by atoms with Gasteiger partial charge in [0.2, 0.25) is 0 Å². The maximum atomic E-state index is 5.50. The van der Waals surface area contributed by atoms with Crippen molar-refractivity contribution in [2.24, 2.45) is 5.10 Å². The second kappa shape index (κ2) is 5.44. The van der Waals surface area contributed by atoms with Gasteiger partial charge in [-0.1, -0.05) is 25.8 Å². The molecule has 0 bridgehead atoms. The summed E-state index contributed by atoms with van der Waals surface area (Å²) in [6, 6.07) is 3.73. The maximum Gasteiger partial charge on any atom is 0.263 e. The summed E-state index contributed by atoms with van der Waals surface area (Å²) in [5.74, 6) is 0.771. The third-order valence-corrected chi connectivity index (χ3v) is 3.07. The molecule has 94 valence electrons. The van der Waals surface area contributed by atoms with Gasteiger partial charge in [-0.25, -0.2) is 0 Å². The quantitative estimate of drug-likeness (QED) is 0.824. The summed E-state index contributed by atoms with van der Waals surface area (Å²) in [5.41, 5.74) is 6.26. The van der Waals surface area contributed by atoms with E-state index in [0.29, 0.717) is 5.75 Å². The predicted molar refractivity (Wildman–Crippen MR) is 73.6 cm³/mol. The van der Waals surface area contributed by atoms with E-state index in [4.69, 9.17) is 10.5 Å². The number of benzene rings is 1. The molecular formula is C9H8Br2N6O. The van der Waals surface area contributed by atoms with Crippen LogP contribution in [0.4, 0.5) is 5.95 Å². The number of hydrogen-bond donors (Lipinski definition) is 1. The van der Waals surface area contributed by atoms with Crippen molar-refractivity contribution in [3.8, 4) is 5.75 Å². The Kier molecular flexibility index (Phi) is 3.92. The van der Waals surface area contributed by atoms with E-state index in [1.807, 2.05) is 12.1 Å². The summed E-state index contributed by atoms with van der Waals surface area (Å²) in [4.78, 5) is 1.12. The first kappa shape index (κ1) is 13.0. The van der Waals surface area contributed by atoms with Crippen LogP contribution in [-0.4, -0.2) is 33.6 Å². The highest BCUT2D eigenvalue weighted by molar-refractivity contribution is 9.11. The number of anilines is 1. The zero-order valence-electron chi connectivity index (χ0n) is 9.21. The normalized spacial score (nSPS) is 11.1. The molecule has 0 saturated heterocycles. The van der Waals surface area contributed by atoms with Crippen LogP contribution in [0.15, 0.2) is 26.2 Å². The van der Waals surface area contributed by atoms with E-state index >= 15 is 0 Å². The molecule has 0 radical (unpaired) electrons. The number of nitrogens with zero attached hydrogens (tertiary/aromatic N) is 5. The highest BCUT2D eigenvalue weighted by Crippen LogP contribution is 2.31. The van der Waals surface area contributed by atoms with Gasteiger partial charge in [0.1, 0.15) is 5.75 Å². The van der Waals surface area contributed by atoms with E-state index in [2.05, 4.69) is 52.5 Å². The molecule has 0 saturated carbocycles. The molecule has 0 aliphatic heterocycles. The Morgan fingerprint density at radius 3 is 2.83 bits per heavy atom. The van der Waals surface area contributed by atoms with Crippen molar-refractivity contribution in [2.75, 3.05) is 12.8 Å². The summed E-state index contributed by atoms with van der Waals surface area (Å²) in [6.45, 7) is 0. The average Bonchev–Trinajstić information content (AvgIpc) is 2.71. The predicted octanol–water partition coefficient (Wildman–Crippen LogP) is 1.67. The number of nitrogens with two attached hydrogens (primary N) is 1. The minimum absolute atomic E-state index is 0.110. The Hall–Kier alpha value is -1.48. The number of methoxy groups -OCH3 is 1. The Bertz CT molecular complexity index is 597. The Morgan fingerprint density at radius 2 is 2.22 bits per heavy atom. The molecule has 2 aromatic rings. The van der Waals surface area contributed by atoms with E-state index in [1.54, 1.807) is 13.3 Å². The SMILES string of the molecule is COc1c(Br)cc(Br)cc1/C=N\n1nnnc1N. The van der Waals surface area contributed by atoms with Crippen LogP contribution < -0.4 is 10.5 Å². The maximum absolute atomic E-state index is 5.50. The zero-order chi connectivity index (χ0) is 13.1.